The summed E-state index contributed by atoms with van der Waals surface area (Å²) in [4.78, 5) is 48.5. The number of hydrogen-bond acceptors (Lipinski definition) is 6. The number of aromatic nitrogens is 1. The molecule has 0 N–H and O–H groups in total. The molecule has 2 amide bonds. The van der Waals surface area contributed by atoms with Crippen molar-refractivity contribution in [3.05, 3.63) is 59.3 Å². The molecule has 0 spiro atoms. The molecule has 1 aromatic heterocycles. The second-order valence-electron chi connectivity index (χ2n) is 6.57. The van der Waals surface area contributed by atoms with E-state index >= 15 is 0 Å². The van der Waals surface area contributed by atoms with Crippen molar-refractivity contribution in [2.24, 2.45) is 5.92 Å². The zero-order chi connectivity index (χ0) is 18.3. The molecule has 26 heavy (non-hydrogen) atoms. The predicted molar refractivity (Wildman–Crippen MR) is 92.6 cm³/mol. The topological polar surface area (TPSA) is 79.8 Å². The highest BCUT2D eigenvalue weighted by molar-refractivity contribution is 6.21. The van der Waals surface area contributed by atoms with Gasteiger partial charge in [0.1, 0.15) is 5.82 Å². The maximum atomic E-state index is 12.5. The van der Waals surface area contributed by atoms with Gasteiger partial charge in [0.2, 0.25) is 0 Å². The minimum absolute atomic E-state index is 0.228. The minimum atomic E-state index is -0.768. The molecule has 4 rings (SSSR count). The van der Waals surface area contributed by atoms with Crippen LogP contribution >= 0.6 is 0 Å². The van der Waals surface area contributed by atoms with Crippen LogP contribution in [0.3, 0.4) is 0 Å². The lowest BCUT2D eigenvalue weighted by molar-refractivity contribution is -0.0584. The number of carbonyl (C=O) groups is 3. The highest BCUT2D eigenvalue weighted by Crippen LogP contribution is 2.25. The maximum absolute atomic E-state index is 12.5. The van der Waals surface area contributed by atoms with E-state index in [1.165, 1.54) is 24.4 Å². The van der Waals surface area contributed by atoms with Crippen LogP contribution in [0.1, 0.15) is 44.4 Å². The van der Waals surface area contributed by atoms with Crippen molar-refractivity contribution in [3.63, 3.8) is 0 Å². The summed E-state index contributed by atoms with van der Waals surface area (Å²) < 4.78 is 0. The third-order valence-electron chi connectivity index (χ3n) is 4.66. The summed E-state index contributed by atoms with van der Waals surface area (Å²) in [5.74, 6) is -0.782. The van der Waals surface area contributed by atoms with Crippen LogP contribution in [0, 0.1) is 5.92 Å². The lowest BCUT2D eigenvalue weighted by Gasteiger charge is -2.18. The SMILES string of the molecule is CC1CCN(c2cc(C(=O)ON3C(=O)c4ccccc4C3=O)ccn2)C1. The van der Waals surface area contributed by atoms with Crippen LogP contribution < -0.4 is 4.90 Å². The molecule has 3 heterocycles. The lowest BCUT2D eigenvalue weighted by Crippen LogP contribution is -2.32. The van der Waals surface area contributed by atoms with E-state index in [9.17, 15) is 14.4 Å². The van der Waals surface area contributed by atoms with Crippen molar-refractivity contribution >= 4 is 23.6 Å². The van der Waals surface area contributed by atoms with Crippen molar-refractivity contribution in [3.8, 4) is 0 Å². The summed E-state index contributed by atoms with van der Waals surface area (Å²) in [6.07, 6.45) is 2.60. The van der Waals surface area contributed by atoms with Gasteiger partial charge in [0, 0.05) is 19.3 Å². The number of pyridine rings is 1. The second-order valence-corrected chi connectivity index (χ2v) is 6.57. The quantitative estimate of drug-likeness (QED) is 0.790. The smallest absolute Gasteiger partial charge is 0.356 e. The Kier molecular flexibility index (Phi) is 3.91. The first kappa shape index (κ1) is 16.3. The molecule has 1 unspecified atom stereocenters. The summed E-state index contributed by atoms with van der Waals surface area (Å²) >= 11 is 0. The molecule has 0 radical (unpaired) electrons. The van der Waals surface area contributed by atoms with Gasteiger partial charge in [0.25, 0.3) is 11.8 Å². The number of carbonyl (C=O) groups excluding carboxylic acids is 3. The normalized spacial score (nSPS) is 19.0. The van der Waals surface area contributed by atoms with E-state index in [1.54, 1.807) is 18.2 Å². The van der Waals surface area contributed by atoms with Gasteiger partial charge in [-0.3, -0.25) is 9.59 Å². The van der Waals surface area contributed by atoms with Gasteiger partial charge in [-0.05, 0) is 36.6 Å². The molecule has 2 aromatic rings. The molecule has 1 atom stereocenters. The van der Waals surface area contributed by atoms with Crippen LogP contribution in [0.4, 0.5) is 5.82 Å². The maximum Gasteiger partial charge on any atom is 0.364 e. The van der Waals surface area contributed by atoms with E-state index in [1.807, 2.05) is 0 Å². The average molecular weight is 351 g/mol. The van der Waals surface area contributed by atoms with E-state index in [-0.39, 0.29) is 16.7 Å². The van der Waals surface area contributed by atoms with Crippen molar-refractivity contribution in [2.45, 2.75) is 13.3 Å². The van der Waals surface area contributed by atoms with E-state index < -0.39 is 17.8 Å². The third-order valence-corrected chi connectivity index (χ3v) is 4.66. The first-order valence-electron chi connectivity index (χ1n) is 8.45. The fraction of sp³-hybridized carbons (Fsp3) is 0.263. The largest absolute Gasteiger partial charge is 0.364 e. The Morgan fingerprint density at radius 1 is 1.15 bits per heavy atom. The van der Waals surface area contributed by atoms with Crippen molar-refractivity contribution < 1.29 is 19.2 Å². The highest BCUT2D eigenvalue weighted by Gasteiger charge is 2.38. The van der Waals surface area contributed by atoms with Crippen LogP contribution in [0.15, 0.2) is 42.6 Å². The lowest BCUT2D eigenvalue weighted by atomic mass is 10.1. The highest BCUT2D eigenvalue weighted by atomic mass is 16.7. The molecule has 0 saturated carbocycles. The zero-order valence-electron chi connectivity index (χ0n) is 14.2. The first-order valence-corrected chi connectivity index (χ1v) is 8.45. The van der Waals surface area contributed by atoms with E-state index in [0.29, 0.717) is 16.8 Å². The van der Waals surface area contributed by atoms with Crippen LogP contribution in [0.2, 0.25) is 0 Å². The van der Waals surface area contributed by atoms with Gasteiger partial charge in [-0.2, -0.15) is 0 Å². The van der Waals surface area contributed by atoms with Gasteiger partial charge >= 0.3 is 5.97 Å². The molecule has 2 aliphatic rings. The number of anilines is 1. The number of benzene rings is 1. The Balaban J connectivity index is 1.53. The molecular formula is C19H17N3O4. The Bertz CT molecular complexity index is 876. The Hall–Kier alpha value is -3.22. The van der Waals surface area contributed by atoms with Crippen LogP contribution in [0.5, 0.6) is 0 Å². The summed E-state index contributed by atoms with van der Waals surface area (Å²) in [5, 5.41) is 0.519. The number of rotatable bonds is 3. The van der Waals surface area contributed by atoms with Gasteiger partial charge in [-0.1, -0.05) is 24.1 Å². The fourth-order valence-electron chi connectivity index (χ4n) is 3.25. The standard InChI is InChI=1S/C19H17N3O4/c1-12-7-9-21(11-12)16-10-13(6-8-20-16)19(25)26-22-17(23)14-4-2-3-5-15(14)18(22)24/h2-6,8,10,12H,7,9,11H2,1H3. The summed E-state index contributed by atoms with van der Waals surface area (Å²) in [6.45, 7) is 3.93. The minimum Gasteiger partial charge on any atom is -0.356 e. The first-order chi connectivity index (χ1) is 12.5. The summed E-state index contributed by atoms with van der Waals surface area (Å²) in [5.41, 5.74) is 0.699. The number of nitrogens with zero attached hydrogens (tertiary/aromatic N) is 3. The van der Waals surface area contributed by atoms with Gasteiger partial charge in [-0.25, -0.2) is 9.78 Å². The van der Waals surface area contributed by atoms with Gasteiger partial charge < -0.3 is 9.74 Å². The summed E-state index contributed by atoms with van der Waals surface area (Å²) in [7, 11) is 0. The van der Waals surface area contributed by atoms with Gasteiger partial charge in [0.15, 0.2) is 0 Å². The molecular weight excluding hydrogens is 334 g/mol. The molecule has 7 nitrogen and oxygen atoms in total. The van der Waals surface area contributed by atoms with Crippen molar-refractivity contribution in [1.29, 1.82) is 0 Å². The average Bonchev–Trinajstić information content (AvgIpc) is 3.20. The Morgan fingerprint density at radius 3 is 2.46 bits per heavy atom. The number of imide groups is 1. The molecule has 1 aromatic carbocycles. The fourth-order valence-corrected chi connectivity index (χ4v) is 3.25. The molecule has 0 aliphatic carbocycles. The van der Waals surface area contributed by atoms with Crippen LogP contribution in [-0.4, -0.2) is 40.9 Å². The van der Waals surface area contributed by atoms with Crippen LogP contribution in [-0.2, 0) is 4.84 Å². The third kappa shape index (κ3) is 2.71. The van der Waals surface area contributed by atoms with Crippen molar-refractivity contribution in [1.82, 2.24) is 10.0 Å². The molecule has 1 fully saturated rings. The van der Waals surface area contributed by atoms with Crippen LogP contribution in [0.25, 0.3) is 0 Å². The second kappa shape index (κ2) is 6.25. The van der Waals surface area contributed by atoms with E-state index in [2.05, 4.69) is 16.8 Å². The number of amides is 2. The summed E-state index contributed by atoms with van der Waals surface area (Å²) in [6, 6.07) is 9.50. The number of hydrogen-bond donors (Lipinski definition) is 0. The monoisotopic (exact) mass is 351 g/mol. The van der Waals surface area contributed by atoms with Crippen molar-refractivity contribution in [2.75, 3.05) is 18.0 Å². The van der Waals surface area contributed by atoms with E-state index in [0.717, 1.165) is 19.5 Å². The Morgan fingerprint density at radius 2 is 1.85 bits per heavy atom. The van der Waals surface area contributed by atoms with E-state index in [4.69, 9.17) is 4.84 Å². The predicted octanol–water partition coefficient (Wildman–Crippen LogP) is 2.30. The number of fused-ring (bicyclic) bond motifs is 1. The number of hydroxylamine groups is 2. The molecule has 7 heteroatoms. The van der Waals surface area contributed by atoms with Gasteiger partial charge in [0.05, 0.1) is 16.7 Å². The molecule has 2 aliphatic heterocycles. The Labute approximate surface area is 150 Å². The molecule has 132 valence electrons. The molecule has 0 bridgehead atoms. The van der Waals surface area contributed by atoms with Gasteiger partial charge in [-0.15, -0.1) is 0 Å². The molecule has 1 saturated heterocycles. The zero-order valence-corrected chi connectivity index (χ0v) is 14.2.